The molecule has 0 aromatic carbocycles. The molecule has 2 heterocycles. The first-order valence-corrected chi connectivity index (χ1v) is 7.55. The predicted octanol–water partition coefficient (Wildman–Crippen LogP) is 3.32. The van der Waals surface area contributed by atoms with Crippen molar-refractivity contribution in [3.05, 3.63) is 40.2 Å². The number of thiophene rings is 1. The first-order chi connectivity index (χ1) is 10.0. The number of esters is 1. The lowest BCUT2D eigenvalue weighted by molar-refractivity contribution is 0.0594. The third-order valence-corrected chi connectivity index (χ3v) is 4.08. The molecule has 0 radical (unpaired) electrons. The van der Waals surface area contributed by atoms with Gasteiger partial charge in [-0.25, -0.2) is 9.78 Å². The summed E-state index contributed by atoms with van der Waals surface area (Å²) in [6.45, 7) is 4.25. The van der Waals surface area contributed by atoms with Crippen LogP contribution in [-0.2, 0) is 4.74 Å². The number of carbonyl (C=O) groups excluding carboxylic acids is 1. The van der Waals surface area contributed by atoms with Crippen LogP contribution in [0.3, 0.4) is 0 Å². The van der Waals surface area contributed by atoms with Crippen molar-refractivity contribution in [1.82, 2.24) is 4.98 Å². The van der Waals surface area contributed by atoms with Crippen molar-refractivity contribution < 1.29 is 9.53 Å². The van der Waals surface area contributed by atoms with E-state index in [0.29, 0.717) is 17.4 Å². The van der Waals surface area contributed by atoms with Gasteiger partial charge in [0.25, 0.3) is 0 Å². The van der Waals surface area contributed by atoms with Crippen LogP contribution < -0.4 is 11.1 Å². The summed E-state index contributed by atoms with van der Waals surface area (Å²) in [5, 5.41) is 5.37. The zero-order valence-electron chi connectivity index (χ0n) is 12.3. The normalized spacial score (nSPS) is 12.2. The molecule has 0 saturated carbocycles. The van der Waals surface area contributed by atoms with Crippen molar-refractivity contribution in [1.29, 1.82) is 0 Å². The van der Waals surface area contributed by atoms with E-state index < -0.39 is 5.97 Å². The number of nitrogens with two attached hydrogens (primary N) is 1. The molecule has 1 unspecified atom stereocenters. The largest absolute Gasteiger partial charge is 0.464 e. The molecule has 2 aromatic heterocycles. The van der Waals surface area contributed by atoms with Crippen molar-refractivity contribution in [3.8, 4) is 0 Å². The first-order valence-electron chi connectivity index (χ1n) is 6.67. The van der Waals surface area contributed by atoms with Crippen molar-refractivity contribution in [2.45, 2.75) is 19.9 Å². The Kier molecular flexibility index (Phi) is 4.80. The number of nitrogens with one attached hydrogen (secondary N) is 1. The van der Waals surface area contributed by atoms with Gasteiger partial charge in [0, 0.05) is 4.88 Å². The summed E-state index contributed by atoms with van der Waals surface area (Å²) in [6.07, 6.45) is 0. The second kappa shape index (κ2) is 6.58. The summed E-state index contributed by atoms with van der Waals surface area (Å²) in [5.74, 6) is 0.381. The zero-order chi connectivity index (χ0) is 15.4. The minimum Gasteiger partial charge on any atom is -0.464 e. The van der Waals surface area contributed by atoms with Crippen LogP contribution in [-0.4, -0.2) is 18.1 Å². The number of hydrogen-bond acceptors (Lipinski definition) is 6. The molecule has 21 heavy (non-hydrogen) atoms. The Morgan fingerprint density at radius 2 is 2.14 bits per heavy atom. The molecular formula is C15H19N3O2S. The summed E-state index contributed by atoms with van der Waals surface area (Å²) < 4.78 is 4.69. The highest BCUT2D eigenvalue weighted by atomic mass is 32.1. The molecule has 5 nitrogen and oxygen atoms in total. The van der Waals surface area contributed by atoms with Gasteiger partial charge in [-0.15, -0.1) is 11.3 Å². The maximum atomic E-state index is 11.6. The van der Waals surface area contributed by atoms with Crippen molar-refractivity contribution in [3.63, 3.8) is 0 Å². The maximum absolute atomic E-state index is 11.6. The van der Waals surface area contributed by atoms with Crippen LogP contribution in [0, 0.1) is 5.92 Å². The van der Waals surface area contributed by atoms with Gasteiger partial charge >= 0.3 is 5.97 Å². The second-order valence-electron chi connectivity index (χ2n) is 5.01. The highest BCUT2D eigenvalue weighted by Gasteiger charge is 2.19. The fourth-order valence-electron chi connectivity index (χ4n) is 1.99. The van der Waals surface area contributed by atoms with E-state index in [1.165, 1.54) is 12.0 Å². The highest BCUT2D eigenvalue weighted by Crippen LogP contribution is 2.31. The molecule has 0 bridgehead atoms. The molecule has 0 aliphatic rings. The van der Waals surface area contributed by atoms with Gasteiger partial charge in [0.1, 0.15) is 0 Å². The molecule has 1 atom stereocenters. The smallest absolute Gasteiger partial charge is 0.356 e. The van der Waals surface area contributed by atoms with Gasteiger partial charge in [-0.3, -0.25) is 0 Å². The molecule has 112 valence electrons. The summed E-state index contributed by atoms with van der Waals surface area (Å²) in [5.41, 5.74) is 6.70. The number of anilines is 2. The van der Waals surface area contributed by atoms with Gasteiger partial charge in [0.05, 0.1) is 18.8 Å². The molecule has 0 aliphatic heterocycles. The van der Waals surface area contributed by atoms with Crippen LogP contribution in [0.25, 0.3) is 0 Å². The number of carbonyl (C=O) groups is 1. The minimum atomic E-state index is -0.477. The molecule has 3 N–H and O–H groups in total. The summed E-state index contributed by atoms with van der Waals surface area (Å²) >= 11 is 1.68. The van der Waals surface area contributed by atoms with Gasteiger partial charge < -0.3 is 15.8 Å². The highest BCUT2D eigenvalue weighted by molar-refractivity contribution is 7.10. The third-order valence-electron chi connectivity index (χ3n) is 3.13. The quantitative estimate of drug-likeness (QED) is 0.829. The lowest BCUT2D eigenvalue weighted by Gasteiger charge is -2.22. The van der Waals surface area contributed by atoms with E-state index in [4.69, 9.17) is 5.73 Å². The van der Waals surface area contributed by atoms with Crippen molar-refractivity contribution in [2.24, 2.45) is 5.92 Å². The van der Waals surface area contributed by atoms with Crippen molar-refractivity contribution >= 4 is 28.8 Å². The molecule has 2 rings (SSSR count). The number of pyridine rings is 1. The van der Waals surface area contributed by atoms with Crippen LogP contribution in [0.2, 0.25) is 0 Å². The SMILES string of the molecule is COC(=O)c1ccc(N)c(NC(c2cccs2)C(C)C)n1. The van der Waals surface area contributed by atoms with Gasteiger partial charge in [-0.2, -0.15) is 0 Å². The van der Waals surface area contributed by atoms with Crippen LogP contribution >= 0.6 is 11.3 Å². The number of nitrogens with zero attached hydrogens (tertiary/aromatic N) is 1. The molecule has 0 amide bonds. The van der Waals surface area contributed by atoms with E-state index in [-0.39, 0.29) is 11.7 Å². The number of methoxy groups -OCH3 is 1. The van der Waals surface area contributed by atoms with Gasteiger partial charge in [-0.1, -0.05) is 19.9 Å². The molecule has 0 fully saturated rings. The summed E-state index contributed by atoms with van der Waals surface area (Å²) in [6, 6.07) is 7.39. The third kappa shape index (κ3) is 3.52. The van der Waals surface area contributed by atoms with E-state index in [1.807, 2.05) is 11.4 Å². The number of rotatable bonds is 5. The number of aromatic nitrogens is 1. The molecule has 0 spiro atoms. The molecule has 2 aromatic rings. The van der Waals surface area contributed by atoms with Gasteiger partial charge in [0.2, 0.25) is 0 Å². The molecule has 0 saturated heterocycles. The van der Waals surface area contributed by atoms with E-state index in [9.17, 15) is 4.79 Å². The lowest BCUT2D eigenvalue weighted by Crippen LogP contribution is -2.18. The lowest BCUT2D eigenvalue weighted by atomic mass is 10.0. The average molecular weight is 305 g/mol. The van der Waals surface area contributed by atoms with Crippen LogP contribution in [0.1, 0.15) is 35.3 Å². The number of ether oxygens (including phenoxy) is 1. The second-order valence-corrected chi connectivity index (χ2v) is 5.99. The van der Waals surface area contributed by atoms with Crippen LogP contribution in [0.4, 0.5) is 11.5 Å². The molecule has 0 aliphatic carbocycles. The maximum Gasteiger partial charge on any atom is 0.356 e. The van der Waals surface area contributed by atoms with E-state index in [2.05, 4.69) is 35.0 Å². The van der Waals surface area contributed by atoms with E-state index in [0.717, 1.165) is 0 Å². The molecular weight excluding hydrogens is 286 g/mol. The standard InChI is InChI=1S/C15H19N3O2S/c1-9(2)13(12-5-4-8-21-12)18-14-10(16)6-7-11(17-14)15(19)20-3/h4-9,13H,16H2,1-3H3,(H,17,18). The summed E-state index contributed by atoms with van der Waals surface area (Å²) in [7, 11) is 1.33. The Morgan fingerprint density at radius 1 is 1.38 bits per heavy atom. The zero-order valence-corrected chi connectivity index (χ0v) is 13.1. The fourth-order valence-corrected chi connectivity index (χ4v) is 2.93. The van der Waals surface area contributed by atoms with Gasteiger partial charge in [0.15, 0.2) is 11.5 Å². The Hall–Kier alpha value is -2.08. The van der Waals surface area contributed by atoms with E-state index >= 15 is 0 Å². The van der Waals surface area contributed by atoms with Crippen molar-refractivity contribution in [2.75, 3.05) is 18.2 Å². The Morgan fingerprint density at radius 3 is 2.71 bits per heavy atom. The average Bonchev–Trinajstić information content (AvgIpc) is 2.99. The fraction of sp³-hybridized carbons (Fsp3) is 0.333. The van der Waals surface area contributed by atoms with Crippen LogP contribution in [0.5, 0.6) is 0 Å². The Bertz CT molecular complexity index is 611. The first kappa shape index (κ1) is 15.3. The molecule has 6 heteroatoms. The van der Waals surface area contributed by atoms with Crippen LogP contribution in [0.15, 0.2) is 29.6 Å². The topological polar surface area (TPSA) is 77.2 Å². The number of hydrogen-bond donors (Lipinski definition) is 2. The monoisotopic (exact) mass is 305 g/mol. The Balaban J connectivity index is 2.30. The summed E-state index contributed by atoms with van der Waals surface area (Å²) in [4.78, 5) is 17.0. The van der Waals surface area contributed by atoms with E-state index in [1.54, 1.807) is 23.5 Å². The predicted molar refractivity (Wildman–Crippen MR) is 85.5 cm³/mol. The number of nitrogen functional groups attached to an aromatic ring is 1. The van der Waals surface area contributed by atoms with Gasteiger partial charge in [-0.05, 0) is 29.5 Å². The minimum absolute atomic E-state index is 0.0905. The Labute approximate surface area is 128 Å².